The Balaban J connectivity index is 1.91. The maximum absolute atomic E-state index is 12.2. The van der Waals surface area contributed by atoms with Gasteiger partial charge in [0, 0.05) is 19.1 Å². The molecule has 2 N–H and O–H groups in total. The number of carbonyl (C=O) groups is 1. The van der Waals surface area contributed by atoms with E-state index >= 15 is 0 Å². The number of amides is 1. The maximum atomic E-state index is 12.2. The normalized spacial score (nSPS) is 25.3. The number of nitrogens with one attached hydrogen (secondary N) is 2. The quantitative estimate of drug-likeness (QED) is 0.864. The zero-order chi connectivity index (χ0) is 16.3. The minimum absolute atomic E-state index is 0.0137. The third-order valence-corrected chi connectivity index (χ3v) is 5.18. The summed E-state index contributed by atoms with van der Waals surface area (Å²) < 4.78 is 11.2. The van der Waals surface area contributed by atoms with Crippen LogP contribution in [0.3, 0.4) is 0 Å². The second kappa shape index (κ2) is 6.99. The summed E-state index contributed by atoms with van der Waals surface area (Å²) in [7, 11) is 1.75. The van der Waals surface area contributed by atoms with E-state index < -0.39 is 0 Å². The van der Waals surface area contributed by atoms with Crippen LogP contribution in [0.2, 0.25) is 0 Å². The van der Waals surface area contributed by atoms with Gasteiger partial charge in [0.05, 0.1) is 12.1 Å². The number of benzene rings is 1. The Kier molecular flexibility index (Phi) is 4.99. The molecule has 1 amide bonds. The summed E-state index contributed by atoms with van der Waals surface area (Å²) in [5.41, 5.74) is 2.50. The number of fused-ring (bicyclic) bond motifs is 2. The summed E-state index contributed by atoms with van der Waals surface area (Å²) >= 11 is 0. The first-order valence-electron chi connectivity index (χ1n) is 8.43. The largest absolute Gasteiger partial charge is 0.378 e. The first-order valence-corrected chi connectivity index (χ1v) is 8.43. The van der Waals surface area contributed by atoms with Crippen LogP contribution in [0.15, 0.2) is 24.3 Å². The standard InChI is InChI=1S/C18H26N2O3/c1-3-23-12-15(21)20-16-13-6-4-5-7-14(13)18(17(16)22-2)8-10-19-11-9-18/h4-7,16-17,19H,3,8-12H2,1-2H3,(H,20,21)/t16-,17+/m1/s1. The highest BCUT2D eigenvalue weighted by atomic mass is 16.5. The molecule has 1 saturated heterocycles. The molecule has 1 aliphatic carbocycles. The van der Waals surface area contributed by atoms with E-state index in [9.17, 15) is 4.79 Å². The molecular weight excluding hydrogens is 292 g/mol. The van der Waals surface area contributed by atoms with E-state index in [0.29, 0.717) is 6.61 Å². The molecule has 2 aliphatic rings. The Hall–Kier alpha value is -1.43. The average Bonchev–Trinajstić information content (AvgIpc) is 2.83. The van der Waals surface area contributed by atoms with Gasteiger partial charge in [0.15, 0.2) is 0 Å². The van der Waals surface area contributed by atoms with Crippen LogP contribution < -0.4 is 10.6 Å². The lowest BCUT2D eigenvalue weighted by atomic mass is 9.72. The highest BCUT2D eigenvalue weighted by molar-refractivity contribution is 5.78. The number of piperidine rings is 1. The summed E-state index contributed by atoms with van der Waals surface area (Å²) in [6.45, 7) is 4.49. The van der Waals surface area contributed by atoms with Gasteiger partial charge in [-0.3, -0.25) is 4.79 Å². The molecule has 1 spiro atoms. The molecule has 1 aromatic rings. The van der Waals surface area contributed by atoms with E-state index in [4.69, 9.17) is 9.47 Å². The van der Waals surface area contributed by atoms with Crippen molar-refractivity contribution in [2.24, 2.45) is 0 Å². The molecule has 0 unspecified atom stereocenters. The second-order valence-corrected chi connectivity index (χ2v) is 6.33. The Morgan fingerprint density at radius 2 is 2.09 bits per heavy atom. The van der Waals surface area contributed by atoms with Crippen LogP contribution in [0.1, 0.15) is 36.9 Å². The second-order valence-electron chi connectivity index (χ2n) is 6.33. The molecule has 0 saturated carbocycles. The van der Waals surface area contributed by atoms with Crippen molar-refractivity contribution in [3.05, 3.63) is 35.4 Å². The van der Waals surface area contributed by atoms with Crippen LogP contribution in [-0.2, 0) is 19.7 Å². The molecule has 0 bridgehead atoms. The predicted octanol–water partition coefficient (Wildman–Crippen LogP) is 1.53. The van der Waals surface area contributed by atoms with Crippen LogP contribution in [0.5, 0.6) is 0 Å². The van der Waals surface area contributed by atoms with Gasteiger partial charge < -0.3 is 20.1 Å². The third-order valence-electron chi connectivity index (χ3n) is 5.18. The van der Waals surface area contributed by atoms with Crippen molar-refractivity contribution < 1.29 is 14.3 Å². The minimum atomic E-state index is -0.109. The monoisotopic (exact) mass is 318 g/mol. The summed E-state index contributed by atoms with van der Waals surface area (Å²) in [6.07, 6.45) is 2.02. The fourth-order valence-electron chi connectivity index (χ4n) is 4.21. The Morgan fingerprint density at radius 3 is 2.78 bits per heavy atom. The summed E-state index contributed by atoms with van der Waals surface area (Å²) in [5, 5.41) is 6.57. The van der Waals surface area contributed by atoms with Crippen LogP contribution >= 0.6 is 0 Å². The van der Waals surface area contributed by atoms with Crippen LogP contribution in [0.4, 0.5) is 0 Å². The number of hydrogen-bond acceptors (Lipinski definition) is 4. The molecule has 126 valence electrons. The number of ether oxygens (including phenoxy) is 2. The number of carbonyl (C=O) groups excluding carboxylic acids is 1. The molecule has 1 aliphatic heterocycles. The maximum Gasteiger partial charge on any atom is 0.246 e. The topological polar surface area (TPSA) is 59.6 Å². The van der Waals surface area contributed by atoms with Crippen molar-refractivity contribution in [3.8, 4) is 0 Å². The molecule has 3 rings (SSSR count). The number of methoxy groups -OCH3 is 1. The molecule has 1 fully saturated rings. The van der Waals surface area contributed by atoms with Gasteiger partial charge in [-0.25, -0.2) is 0 Å². The van der Waals surface area contributed by atoms with Gasteiger partial charge >= 0.3 is 0 Å². The van der Waals surface area contributed by atoms with Gasteiger partial charge in [0.1, 0.15) is 6.61 Å². The van der Waals surface area contributed by atoms with E-state index in [1.807, 2.05) is 13.0 Å². The number of hydrogen-bond donors (Lipinski definition) is 2. The fourth-order valence-corrected chi connectivity index (χ4v) is 4.21. The van der Waals surface area contributed by atoms with Crippen molar-refractivity contribution in [1.29, 1.82) is 0 Å². The van der Waals surface area contributed by atoms with Crippen LogP contribution in [-0.4, -0.2) is 45.4 Å². The highest BCUT2D eigenvalue weighted by Crippen LogP contribution is 2.51. The first kappa shape index (κ1) is 16.4. The summed E-state index contributed by atoms with van der Waals surface area (Å²) in [6, 6.07) is 8.32. The lowest BCUT2D eigenvalue weighted by Gasteiger charge is -2.40. The van der Waals surface area contributed by atoms with Crippen LogP contribution in [0.25, 0.3) is 0 Å². The minimum Gasteiger partial charge on any atom is -0.378 e. The van der Waals surface area contributed by atoms with Crippen molar-refractivity contribution in [1.82, 2.24) is 10.6 Å². The van der Waals surface area contributed by atoms with E-state index in [-0.39, 0.29) is 30.1 Å². The zero-order valence-electron chi connectivity index (χ0n) is 13.9. The van der Waals surface area contributed by atoms with Gasteiger partial charge in [0.2, 0.25) is 5.91 Å². The lowest BCUT2D eigenvalue weighted by Crippen LogP contribution is -2.49. The van der Waals surface area contributed by atoms with Crippen molar-refractivity contribution in [2.75, 3.05) is 33.4 Å². The van der Waals surface area contributed by atoms with Gasteiger partial charge in [0.25, 0.3) is 0 Å². The first-order chi connectivity index (χ1) is 11.2. The van der Waals surface area contributed by atoms with Crippen molar-refractivity contribution in [2.45, 2.75) is 37.3 Å². The molecular formula is C18H26N2O3. The fraction of sp³-hybridized carbons (Fsp3) is 0.611. The molecule has 1 heterocycles. The molecule has 1 aromatic carbocycles. The third kappa shape index (κ3) is 2.89. The van der Waals surface area contributed by atoms with E-state index in [1.165, 1.54) is 11.1 Å². The van der Waals surface area contributed by atoms with Gasteiger partial charge in [-0.05, 0) is 44.0 Å². The predicted molar refractivity (Wildman–Crippen MR) is 88.4 cm³/mol. The van der Waals surface area contributed by atoms with Gasteiger partial charge in [-0.2, -0.15) is 0 Å². The summed E-state index contributed by atoms with van der Waals surface area (Å²) in [5.74, 6) is -0.0836. The molecule has 23 heavy (non-hydrogen) atoms. The van der Waals surface area contributed by atoms with E-state index in [2.05, 4.69) is 28.8 Å². The van der Waals surface area contributed by atoms with Crippen molar-refractivity contribution >= 4 is 5.91 Å². The van der Waals surface area contributed by atoms with E-state index in [1.54, 1.807) is 7.11 Å². The van der Waals surface area contributed by atoms with Gasteiger partial charge in [-0.15, -0.1) is 0 Å². The van der Waals surface area contributed by atoms with Crippen LogP contribution in [0, 0.1) is 0 Å². The molecule has 5 nitrogen and oxygen atoms in total. The molecule has 5 heteroatoms. The average molecular weight is 318 g/mol. The lowest BCUT2D eigenvalue weighted by molar-refractivity contribution is -0.127. The Morgan fingerprint density at radius 1 is 1.35 bits per heavy atom. The zero-order valence-corrected chi connectivity index (χ0v) is 13.9. The van der Waals surface area contributed by atoms with Crippen molar-refractivity contribution in [3.63, 3.8) is 0 Å². The Bertz CT molecular complexity index is 555. The van der Waals surface area contributed by atoms with Gasteiger partial charge in [-0.1, -0.05) is 24.3 Å². The SMILES string of the molecule is CCOCC(=O)N[C@@H]1c2ccccc2C2(CCNCC2)[C@H]1OC. The summed E-state index contributed by atoms with van der Waals surface area (Å²) in [4.78, 5) is 12.2. The molecule has 0 radical (unpaired) electrons. The van der Waals surface area contributed by atoms with E-state index in [0.717, 1.165) is 25.9 Å². The molecule has 2 atom stereocenters. The molecule has 0 aromatic heterocycles. The Labute approximate surface area is 137 Å². The smallest absolute Gasteiger partial charge is 0.246 e. The highest BCUT2D eigenvalue weighted by Gasteiger charge is 2.53. The number of rotatable bonds is 5.